The molecule has 0 spiro atoms. The van der Waals surface area contributed by atoms with Gasteiger partial charge >= 0.3 is 5.97 Å². The first kappa shape index (κ1) is 22.2. The zero-order chi connectivity index (χ0) is 21.8. The average Bonchev–Trinajstić information content (AvgIpc) is 3.31. The highest BCUT2D eigenvalue weighted by Gasteiger charge is 2.44. The van der Waals surface area contributed by atoms with Crippen LogP contribution in [0.15, 0.2) is 35.7 Å². The Kier molecular flexibility index (Phi) is 7.22. The molecule has 2 aliphatic rings. The van der Waals surface area contributed by atoms with Crippen molar-refractivity contribution in [2.45, 2.75) is 56.3 Å². The van der Waals surface area contributed by atoms with Crippen LogP contribution < -0.4 is 4.74 Å². The average molecular weight is 448 g/mol. The summed E-state index contributed by atoms with van der Waals surface area (Å²) in [6.45, 7) is 0.732. The summed E-state index contributed by atoms with van der Waals surface area (Å²) in [5, 5.41) is 32.5. The zero-order valence-corrected chi connectivity index (χ0v) is 18.1. The summed E-state index contributed by atoms with van der Waals surface area (Å²) in [5.74, 6) is 0.138. The summed E-state index contributed by atoms with van der Waals surface area (Å²) in [5.41, 5.74) is 0.0875. The number of para-hydroxylation sites is 1. The van der Waals surface area contributed by atoms with Gasteiger partial charge < -0.3 is 24.8 Å². The lowest BCUT2D eigenvalue weighted by Crippen LogP contribution is -2.25. The van der Waals surface area contributed by atoms with Crippen molar-refractivity contribution in [3.8, 4) is 5.75 Å². The van der Waals surface area contributed by atoms with Crippen LogP contribution in [0.5, 0.6) is 5.75 Å². The number of nitrogens with zero attached hydrogens (tertiary/aromatic N) is 1. The molecule has 1 aliphatic carbocycles. The number of fused-ring (bicyclic) bond motifs is 1. The van der Waals surface area contributed by atoms with Gasteiger partial charge in [0, 0.05) is 17.7 Å². The van der Waals surface area contributed by atoms with Gasteiger partial charge in [0.05, 0.1) is 29.9 Å². The second kappa shape index (κ2) is 10.1. The van der Waals surface area contributed by atoms with E-state index in [-0.39, 0.29) is 36.2 Å². The predicted octanol–water partition coefficient (Wildman–Crippen LogP) is 3.32. The highest BCUT2D eigenvalue weighted by molar-refractivity contribution is 7.09. The molecule has 1 saturated carbocycles. The fourth-order valence-corrected chi connectivity index (χ4v) is 5.72. The van der Waals surface area contributed by atoms with Gasteiger partial charge in [-0.05, 0) is 49.7 Å². The van der Waals surface area contributed by atoms with Crippen LogP contribution in [0, 0.1) is 11.8 Å². The van der Waals surface area contributed by atoms with E-state index in [4.69, 9.17) is 14.6 Å². The first-order valence-electron chi connectivity index (χ1n) is 10.9. The normalized spacial score (nSPS) is 29.2. The van der Waals surface area contributed by atoms with Gasteiger partial charge in [-0.2, -0.15) is 0 Å². The molecule has 2 aromatic rings. The van der Waals surface area contributed by atoms with Gasteiger partial charge in [-0.25, -0.2) is 9.78 Å². The number of aromatic nitrogens is 1. The number of carboxylic acid groups (broad SMARTS) is 1. The SMILES string of the molecule is O=C(O)c1csc([C@H]2CC[C@@H]3[C@@H](CC[C@@H](O)COc4ccccc4)[C@H](O)C[C@@H]3OC2)n1. The van der Waals surface area contributed by atoms with Gasteiger partial charge in [-0.3, -0.25) is 0 Å². The molecule has 0 radical (unpaired) electrons. The summed E-state index contributed by atoms with van der Waals surface area (Å²) < 4.78 is 11.8. The van der Waals surface area contributed by atoms with Gasteiger partial charge in [-0.1, -0.05) is 18.2 Å². The predicted molar refractivity (Wildman–Crippen MR) is 116 cm³/mol. The minimum absolute atomic E-state index is 0.00150. The summed E-state index contributed by atoms with van der Waals surface area (Å²) in [6.07, 6.45) is 2.64. The third-order valence-corrected chi connectivity index (χ3v) is 7.47. The molecule has 0 unspecified atom stereocenters. The molecule has 1 aliphatic heterocycles. The maximum absolute atomic E-state index is 11.1. The standard InChI is InChI=1S/C23H29NO6S/c25-15(12-29-16-4-2-1-3-5-16)7-9-17-18-8-6-14(11-30-21(18)10-20(17)26)22-24-19(13-31-22)23(27)28/h1-5,13-15,17-18,20-21,25-26H,6-12H2,(H,27,28)/t14-,15+,17+,18+,20+,21-/m0/s1. The summed E-state index contributed by atoms with van der Waals surface area (Å²) in [7, 11) is 0. The van der Waals surface area contributed by atoms with E-state index in [9.17, 15) is 15.0 Å². The van der Waals surface area contributed by atoms with E-state index in [1.54, 1.807) is 5.38 Å². The number of carbonyl (C=O) groups is 1. The molecular weight excluding hydrogens is 418 g/mol. The lowest BCUT2D eigenvalue weighted by atomic mass is 9.84. The van der Waals surface area contributed by atoms with E-state index in [1.165, 1.54) is 11.3 Å². The van der Waals surface area contributed by atoms with Crippen molar-refractivity contribution in [1.82, 2.24) is 4.98 Å². The Bertz CT molecular complexity index is 859. The lowest BCUT2D eigenvalue weighted by molar-refractivity contribution is 0.0260. The second-order valence-electron chi connectivity index (χ2n) is 8.51. The maximum Gasteiger partial charge on any atom is 0.355 e. The smallest absolute Gasteiger partial charge is 0.355 e. The van der Waals surface area contributed by atoms with Crippen LogP contribution in [0.4, 0.5) is 0 Å². The minimum atomic E-state index is -1.01. The third kappa shape index (κ3) is 5.44. The Morgan fingerprint density at radius 3 is 2.84 bits per heavy atom. The highest BCUT2D eigenvalue weighted by Crippen LogP contribution is 2.44. The summed E-state index contributed by atoms with van der Waals surface area (Å²) in [6, 6.07) is 9.42. The molecule has 0 amide bonds. The number of hydrogen-bond donors (Lipinski definition) is 3. The number of hydrogen-bond acceptors (Lipinski definition) is 7. The Balaban J connectivity index is 1.29. The molecule has 4 rings (SSSR count). The second-order valence-corrected chi connectivity index (χ2v) is 9.40. The van der Waals surface area contributed by atoms with Crippen molar-refractivity contribution in [1.29, 1.82) is 0 Å². The summed E-state index contributed by atoms with van der Waals surface area (Å²) >= 11 is 1.37. The van der Waals surface area contributed by atoms with E-state index >= 15 is 0 Å². The Hall–Kier alpha value is -2.00. The molecule has 3 N–H and O–H groups in total. The molecule has 7 nitrogen and oxygen atoms in total. The Morgan fingerprint density at radius 2 is 2.10 bits per heavy atom. The van der Waals surface area contributed by atoms with E-state index < -0.39 is 18.2 Å². The van der Waals surface area contributed by atoms with Crippen LogP contribution in [0.1, 0.15) is 53.5 Å². The molecule has 31 heavy (non-hydrogen) atoms. The fourth-order valence-electron chi connectivity index (χ4n) is 4.81. The number of aliphatic hydroxyl groups is 2. The van der Waals surface area contributed by atoms with E-state index in [1.807, 2.05) is 30.3 Å². The molecule has 2 heterocycles. The van der Waals surface area contributed by atoms with Crippen molar-refractivity contribution in [2.75, 3.05) is 13.2 Å². The van der Waals surface area contributed by atoms with Gasteiger partial charge in [0.2, 0.25) is 0 Å². The molecular formula is C23H29NO6S. The number of ether oxygens (including phenoxy) is 2. The van der Waals surface area contributed by atoms with Crippen molar-refractivity contribution < 1.29 is 29.6 Å². The number of aliphatic hydroxyl groups excluding tert-OH is 2. The zero-order valence-electron chi connectivity index (χ0n) is 17.3. The fraction of sp³-hybridized carbons (Fsp3) is 0.565. The number of rotatable bonds is 8. The maximum atomic E-state index is 11.1. The van der Waals surface area contributed by atoms with Gasteiger partial charge in [-0.15, -0.1) is 11.3 Å². The molecule has 6 atom stereocenters. The van der Waals surface area contributed by atoms with E-state index in [2.05, 4.69) is 4.98 Å². The van der Waals surface area contributed by atoms with Crippen molar-refractivity contribution in [2.24, 2.45) is 11.8 Å². The molecule has 1 aromatic carbocycles. The molecule has 1 aromatic heterocycles. The molecule has 8 heteroatoms. The molecule has 0 bridgehead atoms. The van der Waals surface area contributed by atoms with Gasteiger partial charge in [0.25, 0.3) is 0 Å². The van der Waals surface area contributed by atoms with Crippen LogP contribution in [-0.4, -0.2) is 57.8 Å². The first-order valence-corrected chi connectivity index (χ1v) is 11.7. The minimum Gasteiger partial charge on any atom is -0.491 e. The van der Waals surface area contributed by atoms with Gasteiger partial charge in [0.15, 0.2) is 5.69 Å². The van der Waals surface area contributed by atoms with E-state index in [0.717, 1.165) is 30.0 Å². The number of thiazole rings is 1. The van der Waals surface area contributed by atoms with Crippen LogP contribution in [0.3, 0.4) is 0 Å². The monoisotopic (exact) mass is 447 g/mol. The van der Waals surface area contributed by atoms with Gasteiger partial charge in [0.1, 0.15) is 12.4 Å². The molecule has 168 valence electrons. The van der Waals surface area contributed by atoms with Crippen molar-refractivity contribution in [3.63, 3.8) is 0 Å². The Morgan fingerprint density at radius 1 is 1.29 bits per heavy atom. The highest BCUT2D eigenvalue weighted by atomic mass is 32.1. The van der Waals surface area contributed by atoms with Crippen LogP contribution in [0.2, 0.25) is 0 Å². The van der Waals surface area contributed by atoms with Crippen molar-refractivity contribution in [3.05, 3.63) is 46.4 Å². The number of aromatic carboxylic acids is 1. The third-order valence-electron chi connectivity index (χ3n) is 6.46. The number of benzene rings is 1. The van der Waals surface area contributed by atoms with E-state index in [0.29, 0.717) is 19.4 Å². The summed E-state index contributed by atoms with van der Waals surface area (Å²) in [4.78, 5) is 15.4. The van der Waals surface area contributed by atoms with Crippen molar-refractivity contribution >= 4 is 17.3 Å². The van der Waals surface area contributed by atoms with Crippen LogP contribution in [-0.2, 0) is 4.74 Å². The lowest BCUT2D eigenvalue weighted by Gasteiger charge is -2.24. The topological polar surface area (TPSA) is 109 Å². The largest absolute Gasteiger partial charge is 0.491 e. The first-order chi connectivity index (χ1) is 15.0. The quantitative estimate of drug-likeness (QED) is 0.569. The Labute approximate surface area is 185 Å². The molecule has 2 fully saturated rings. The van der Waals surface area contributed by atoms with Crippen LogP contribution >= 0.6 is 11.3 Å². The van der Waals surface area contributed by atoms with Crippen LogP contribution in [0.25, 0.3) is 0 Å². The number of carboxylic acids is 1. The molecule has 1 saturated heterocycles.